The Kier molecular flexibility index (Phi) is 4.59. The number of para-hydroxylation sites is 2. The van der Waals surface area contributed by atoms with E-state index in [0.29, 0.717) is 30.5 Å². The first-order valence-electron chi connectivity index (χ1n) is 7.27. The van der Waals surface area contributed by atoms with Crippen molar-refractivity contribution in [1.29, 1.82) is 0 Å². The Labute approximate surface area is 130 Å². The van der Waals surface area contributed by atoms with Crippen LogP contribution in [-0.2, 0) is 12.1 Å². The lowest BCUT2D eigenvalue weighted by molar-refractivity contribution is 0.275. The number of ether oxygens (including phenoxy) is 2. The van der Waals surface area contributed by atoms with E-state index >= 15 is 0 Å². The highest BCUT2D eigenvalue weighted by Gasteiger charge is 2.20. The maximum atomic E-state index is 12.4. The molecule has 120 valence electrons. The zero-order valence-electron chi connectivity index (χ0n) is 13.8. The predicted molar refractivity (Wildman–Crippen MR) is 84.7 cm³/mol. The summed E-state index contributed by atoms with van der Waals surface area (Å²) in [6.45, 7) is 8.51. The lowest BCUT2D eigenvalue weighted by Gasteiger charge is -2.16. The minimum absolute atomic E-state index is 0.117. The van der Waals surface area contributed by atoms with E-state index < -0.39 is 0 Å². The van der Waals surface area contributed by atoms with Gasteiger partial charge in [0, 0.05) is 0 Å². The number of benzene rings is 1. The number of nitrogens with zero attached hydrogens (tertiary/aromatic N) is 3. The van der Waals surface area contributed by atoms with E-state index in [-0.39, 0.29) is 11.2 Å². The van der Waals surface area contributed by atoms with Crippen LogP contribution in [-0.4, -0.2) is 28.1 Å². The largest absolute Gasteiger partial charge is 0.493 e. The molecule has 0 atom stereocenters. The molecular weight excluding hydrogens is 282 g/mol. The highest BCUT2D eigenvalue weighted by Crippen LogP contribution is 2.25. The molecular formula is C16H23N3O3. The average molecular weight is 305 g/mol. The Morgan fingerprint density at radius 3 is 2.36 bits per heavy atom. The molecule has 2 aromatic rings. The van der Waals surface area contributed by atoms with Crippen molar-refractivity contribution in [3.63, 3.8) is 0 Å². The van der Waals surface area contributed by atoms with Gasteiger partial charge in [0.2, 0.25) is 0 Å². The molecule has 1 aromatic heterocycles. The fourth-order valence-electron chi connectivity index (χ4n) is 2.17. The summed E-state index contributed by atoms with van der Waals surface area (Å²) in [5.74, 6) is 2.03. The van der Waals surface area contributed by atoms with Crippen LogP contribution in [0.1, 0.15) is 26.6 Å². The van der Waals surface area contributed by atoms with E-state index in [1.165, 1.54) is 4.68 Å². The van der Waals surface area contributed by atoms with Crippen LogP contribution >= 0.6 is 0 Å². The average Bonchev–Trinajstić information content (AvgIpc) is 2.75. The topological polar surface area (TPSA) is 58.3 Å². The Balaban J connectivity index is 2.10. The SMILES string of the molecule is COc1ccccc1OCCn1c(C)nn(C(C)(C)C)c1=O. The van der Waals surface area contributed by atoms with Crippen LogP contribution in [0.15, 0.2) is 29.1 Å². The summed E-state index contributed by atoms with van der Waals surface area (Å²) < 4.78 is 14.1. The molecule has 0 saturated heterocycles. The first-order chi connectivity index (χ1) is 10.3. The van der Waals surface area contributed by atoms with Gasteiger partial charge in [-0.25, -0.2) is 9.48 Å². The molecule has 0 unspecified atom stereocenters. The van der Waals surface area contributed by atoms with Crippen molar-refractivity contribution in [2.75, 3.05) is 13.7 Å². The van der Waals surface area contributed by atoms with Crippen molar-refractivity contribution in [1.82, 2.24) is 14.3 Å². The standard InChI is InChI=1S/C16H23N3O3/c1-12-17-19(16(2,3)4)15(20)18(12)10-11-22-14-9-7-6-8-13(14)21-5/h6-9H,10-11H2,1-5H3. The fraction of sp³-hybridized carbons (Fsp3) is 0.500. The van der Waals surface area contributed by atoms with Crippen molar-refractivity contribution in [3.8, 4) is 11.5 Å². The Morgan fingerprint density at radius 1 is 1.18 bits per heavy atom. The molecule has 2 rings (SSSR count). The van der Waals surface area contributed by atoms with Crippen LogP contribution < -0.4 is 15.2 Å². The molecule has 0 aliphatic rings. The van der Waals surface area contributed by atoms with Crippen molar-refractivity contribution in [2.45, 2.75) is 39.8 Å². The molecule has 0 aliphatic carbocycles. The number of rotatable bonds is 5. The van der Waals surface area contributed by atoms with Crippen LogP contribution in [0.5, 0.6) is 11.5 Å². The number of methoxy groups -OCH3 is 1. The number of hydrogen-bond donors (Lipinski definition) is 0. The normalized spacial score (nSPS) is 11.5. The zero-order chi connectivity index (χ0) is 16.3. The molecule has 22 heavy (non-hydrogen) atoms. The van der Waals surface area contributed by atoms with Gasteiger partial charge in [-0.1, -0.05) is 12.1 Å². The molecule has 0 amide bonds. The highest BCUT2D eigenvalue weighted by atomic mass is 16.5. The molecule has 0 bridgehead atoms. The second-order valence-corrected chi connectivity index (χ2v) is 6.06. The monoisotopic (exact) mass is 305 g/mol. The van der Waals surface area contributed by atoms with Gasteiger partial charge in [-0.15, -0.1) is 0 Å². The minimum atomic E-state index is -0.337. The van der Waals surface area contributed by atoms with E-state index in [1.54, 1.807) is 11.7 Å². The van der Waals surface area contributed by atoms with Gasteiger partial charge in [0.1, 0.15) is 12.4 Å². The smallest absolute Gasteiger partial charge is 0.346 e. The Morgan fingerprint density at radius 2 is 1.82 bits per heavy atom. The first-order valence-corrected chi connectivity index (χ1v) is 7.27. The summed E-state index contributed by atoms with van der Waals surface area (Å²) in [4.78, 5) is 12.4. The third-order valence-corrected chi connectivity index (χ3v) is 3.32. The lowest BCUT2D eigenvalue weighted by Crippen LogP contribution is -2.36. The summed E-state index contributed by atoms with van der Waals surface area (Å²) in [6.07, 6.45) is 0. The van der Waals surface area contributed by atoms with E-state index in [2.05, 4.69) is 5.10 Å². The molecule has 1 aromatic carbocycles. The number of aryl methyl sites for hydroxylation is 1. The number of aromatic nitrogens is 3. The highest BCUT2D eigenvalue weighted by molar-refractivity contribution is 5.39. The van der Waals surface area contributed by atoms with Crippen LogP contribution in [0.2, 0.25) is 0 Å². The lowest BCUT2D eigenvalue weighted by atomic mass is 10.1. The van der Waals surface area contributed by atoms with E-state index in [4.69, 9.17) is 9.47 Å². The van der Waals surface area contributed by atoms with E-state index in [1.807, 2.05) is 52.0 Å². The van der Waals surface area contributed by atoms with Crippen LogP contribution in [0.3, 0.4) is 0 Å². The summed E-state index contributed by atoms with van der Waals surface area (Å²) in [6, 6.07) is 7.44. The number of hydrogen-bond acceptors (Lipinski definition) is 4. The van der Waals surface area contributed by atoms with Gasteiger partial charge in [0.25, 0.3) is 0 Å². The summed E-state index contributed by atoms with van der Waals surface area (Å²) in [5.41, 5.74) is -0.454. The predicted octanol–water partition coefficient (Wildman–Crippen LogP) is 2.20. The molecule has 0 aliphatic heterocycles. The fourth-order valence-corrected chi connectivity index (χ4v) is 2.17. The molecule has 6 nitrogen and oxygen atoms in total. The van der Waals surface area contributed by atoms with Crippen molar-refractivity contribution < 1.29 is 9.47 Å². The molecule has 0 spiro atoms. The second kappa shape index (κ2) is 6.25. The van der Waals surface area contributed by atoms with E-state index in [0.717, 1.165) is 0 Å². The molecule has 0 saturated carbocycles. The maximum absolute atomic E-state index is 12.4. The van der Waals surface area contributed by atoms with Crippen molar-refractivity contribution >= 4 is 0 Å². The van der Waals surface area contributed by atoms with Gasteiger partial charge in [-0.3, -0.25) is 4.57 Å². The van der Waals surface area contributed by atoms with Gasteiger partial charge >= 0.3 is 5.69 Å². The molecule has 0 fully saturated rings. The van der Waals surface area contributed by atoms with E-state index in [9.17, 15) is 4.79 Å². The minimum Gasteiger partial charge on any atom is -0.493 e. The van der Waals surface area contributed by atoms with Gasteiger partial charge in [0.15, 0.2) is 11.5 Å². The van der Waals surface area contributed by atoms with Gasteiger partial charge in [-0.2, -0.15) is 5.10 Å². The quantitative estimate of drug-likeness (QED) is 0.849. The van der Waals surface area contributed by atoms with Crippen molar-refractivity contribution in [2.24, 2.45) is 0 Å². The first kappa shape index (κ1) is 16.1. The molecule has 1 heterocycles. The molecule has 0 radical (unpaired) electrons. The molecule has 6 heteroatoms. The molecule has 0 N–H and O–H groups in total. The summed E-state index contributed by atoms with van der Waals surface area (Å²) >= 11 is 0. The van der Waals surface area contributed by atoms with Gasteiger partial charge in [0.05, 0.1) is 19.2 Å². The Bertz CT molecular complexity index is 695. The third kappa shape index (κ3) is 3.32. The third-order valence-electron chi connectivity index (χ3n) is 3.32. The second-order valence-electron chi connectivity index (χ2n) is 6.06. The van der Waals surface area contributed by atoms with Gasteiger partial charge in [-0.05, 0) is 39.8 Å². The van der Waals surface area contributed by atoms with Gasteiger partial charge < -0.3 is 9.47 Å². The van der Waals surface area contributed by atoms with Crippen molar-refractivity contribution in [3.05, 3.63) is 40.6 Å². The van der Waals surface area contributed by atoms with Crippen LogP contribution in [0.25, 0.3) is 0 Å². The zero-order valence-corrected chi connectivity index (χ0v) is 13.8. The summed E-state index contributed by atoms with van der Waals surface area (Å²) in [7, 11) is 1.60. The van der Waals surface area contributed by atoms with Crippen LogP contribution in [0, 0.1) is 6.92 Å². The van der Waals surface area contributed by atoms with Crippen LogP contribution in [0.4, 0.5) is 0 Å². The Hall–Kier alpha value is -2.24. The maximum Gasteiger partial charge on any atom is 0.346 e. The summed E-state index contributed by atoms with van der Waals surface area (Å²) in [5, 5.41) is 4.33.